The summed E-state index contributed by atoms with van der Waals surface area (Å²) >= 11 is 7.24. The summed E-state index contributed by atoms with van der Waals surface area (Å²) in [5, 5.41) is 17.0. The molecule has 0 fully saturated rings. The summed E-state index contributed by atoms with van der Waals surface area (Å²) < 4.78 is 1.71. The SMILES string of the molecule is O=C(CCn1cccn1)Nc1nnc(Cc2ccc(Cl)cc2)s1. The van der Waals surface area contributed by atoms with Crippen molar-refractivity contribution in [3.63, 3.8) is 0 Å². The van der Waals surface area contributed by atoms with E-state index in [-0.39, 0.29) is 5.91 Å². The highest BCUT2D eigenvalue weighted by Gasteiger charge is 2.09. The zero-order valence-electron chi connectivity index (χ0n) is 12.1. The predicted molar refractivity (Wildman–Crippen MR) is 89.6 cm³/mol. The molecule has 2 aromatic heterocycles. The summed E-state index contributed by atoms with van der Waals surface area (Å²) in [6.07, 6.45) is 4.51. The van der Waals surface area contributed by atoms with Crippen LogP contribution in [0.3, 0.4) is 0 Å². The maximum absolute atomic E-state index is 11.9. The Labute approximate surface area is 142 Å². The Hall–Kier alpha value is -2.25. The van der Waals surface area contributed by atoms with Gasteiger partial charge in [0.2, 0.25) is 11.0 Å². The molecular formula is C15H14ClN5OS. The Bertz CT molecular complexity index is 770. The lowest BCUT2D eigenvalue weighted by molar-refractivity contribution is -0.116. The van der Waals surface area contributed by atoms with Crippen LogP contribution >= 0.6 is 22.9 Å². The van der Waals surface area contributed by atoms with Gasteiger partial charge < -0.3 is 5.32 Å². The molecule has 3 rings (SSSR count). The third-order valence-corrected chi connectivity index (χ3v) is 4.20. The number of hydrogen-bond donors (Lipinski definition) is 1. The minimum atomic E-state index is -0.102. The highest BCUT2D eigenvalue weighted by molar-refractivity contribution is 7.15. The lowest BCUT2D eigenvalue weighted by Gasteiger charge is -2.01. The van der Waals surface area contributed by atoms with Crippen LogP contribution in [-0.2, 0) is 17.8 Å². The van der Waals surface area contributed by atoms with Gasteiger partial charge in [-0.05, 0) is 23.8 Å². The monoisotopic (exact) mass is 347 g/mol. The van der Waals surface area contributed by atoms with Crippen molar-refractivity contribution in [2.24, 2.45) is 0 Å². The first-order valence-corrected chi connectivity index (χ1v) is 8.22. The van der Waals surface area contributed by atoms with Gasteiger partial charge >= 0.3 is 0 Å². The Balaban J connectivity index is 1.52. The van der Waals surface area contributed by atoms with E-state index in [1.165, 1.54) is 11.3 Å². The number of nitrogens with one attached hydrogen (secondary N) is 1. The maximum Gasteiger partial charge on any atom is 0.228 e. The minimum Gasteiger partial charge on any atom is -0.300 e. The highest BCUT2D eigenvalue weighted by atomic mass is 35.5. The lowest BCUT2D eigenvalue weighted by atomic mass is 10.2. The van der Waals surface area contributed by atoms with E-state index in [0.717, 1.165) is 10.6 Å². The average molecular weight is 348 g/mol. The first-order chi connectivity index (χ1) is 11.2. The van der Waals surface area contributed by atoms with Crippen molar-refractivity contribution in [1.29, 1.82) is 0 Å². The second kappa shape index (κ2) is 7.34. The molecule has 2 heterocycles. The van der Waals surface area contributed by atoms with Gasteiger partial charge in [-0.1, -0.05) is 35.1 Å². The molecule has 3 aromatic rings. The lowest BCUT2D eigenvalue weighted by Crippen LogP contribution is -2.14. The molecule has 0 saturated heterocycles. The van der Waals surface area contributed by atoms with E-state index >= 15 is 0 Å². The van der Waals surface area contributed by atoms with Crippen molar-refractivity contribution >= 4 is 34.0 Å². The Morgan fingerprint density at radius 3 is 2.83 bits per heavy atom. The van der Waals surface area contributed by atoms with Crippen LogP contribution in [0.2, 0.25) is 5.02 Å². The zero-order chi connectivity index (χ0) is 16.1. The van der Waals surface area contributed by atoms with E-state index in [4.69, 9.17) is 11.6 Å². The van der Waals surface area contributed by atoms with Crippen molar-refractivity contribution in [1.82, 2.24) is 20.0 Å². The molecule has 1 amide bonds. The van der Waals surface area contributed by atoms with Gasteiger partial charge in [0, 0.05) is 36.8 Å². The van der Waals surface area contributed by atoms with Gasteiger partial charge in [-0.15, -0.1) is 10.2 Å². The number of carbonyl (C=O) groups excluding carboxylic acids is 1. The number of aromatic nitrogens is 4. The van der Waals surface area contributed by atoms with Crippen LogP contribution in [0.4, 0.5) is 5.13 Å². The number of anilines is 1. The Kier molecular flexibility index (Phi) is 4.99. The first kappa shape index (κ1) is 15.6. The smallest absolute Gasteiger partial charge is 0.228 e. The van der Waals surface area contributed by atoms with E-state index in [1.54, 1.807) is 10.9 Å². The molecule has 0 bridgehead atoms. The third kappa shape index (κ3) is 4.61. The van der Waals surface area contributed by atoms with Crippen molar-refractivity contribution in [2.75, 3.05) is 5.32 Å². The zero-order valence-corrected chi connectivity index (χ0v) is 13.7. The summed E-state index contributed by atoms with van der Waals surface area (Å²) in [7, 11) is 0. The van der Waals surface area contributed by atoms with Gasteiger partial charge in [0.05, 0.1) is 0 Å². The number of hydrogen-bond acceptors (Lipinski definition) is 5. The normalized spacial score (nSPS) is 10.7. The molecule has 0 spiro atoms. The van der Waals surface area contributed by atoms with E-state index in [0.29, 0.717) is 29.5 Å². The molecule has 0 atom stereocenters. The van der Waals surface area contributed by atoms with Crippen molar-refractivity contribution in [3.05, 3.63) is 58.3 Å². The predicted octanol–water partition coefficient (Wildman–Crippen LogP) is 3.01. The van der Waals surface area contributed by atoms with E-state index in [1.807, 2.05) is 36.5 Å². The van der Waals surface area contributed by atoms with Gasteiger partial charge in [0.15, 0.2) is 0 Å². The number of carbonyl (C=O) groups is 1. The summed E-state index contributed by atoms with van der Waals surface area (Å²) in [4.78, 5) is 11.9. The Morgan fingerprint density at radius 2 is 2.09 bits per heavy atom. The molecule has 23 heavy (non-hydrogen) atoms. The molecule has 1 N–H and O–H groups in total. The van der Waals surface area contributed by atoms with Gasteiger partial charge in [-0.3, -0.25) is 9.48 Å². The van der Waals surface area contributed by atoms with Crippen LogP contribution in [0, 0.1) is 0 Å². The van der Waals surface area contributed by atoms with Crippen LogP contribution in [-0.4, -0.2) is 25.9 Å². The van der Waals surface area contributed by atoms with Gasteiger partial charge in [0.1, 0.15) is 5.01 Å². The van der Waals surface area contributed by atoms with Crippen molar-refractivity contribution < 1.29 is 4.79 Å². The van der Waals surface area contributed by atoms with E-state index in [9.17, 15) is 4.79 Å². The van der Waals surface area contributed by atoms with Gasteiger partial charge in [0.25, 0.3) is 0 Å². The highest BCUT2D eigenvalue weighted by Crippen LogP contribution is 2.19. The Morgan fingerprint density at radius 1 is 1.26 bits per heavy atom. The van der Waals surface area contributed by atoms with Gasteiger partial charge in [-0.2, -0.15) is 5.10 Å². The van der Waals surface area contributed by atoms with Crippen molar-refractivity contribution in [3.8, 4) is 0 Å². The minimum absolute atomic E-state index is 0.102. The van der Waals surface area contributed by atoms with Crippen LogP contribution in [0.15, 0.2) is 42.7 Å². The second-order valence-corrected chi connectivity index (χ2v) is 6.37. The number of halogens is 1. The van der Waals surface area contributed by atoms with E-state index in [2.05, 4.69) is 20.6 Å². The molecule has 0 unspecified atom stereocenters. The quantitative estimate of drug-likeness (QED) is 0.744. The molecular weight excluding hydrogens is 334 g/mol. The van der Waals surface area contributed by atoms with E-state index < -0.39 is 0 Å². The molecule has 8 heteroatoms. The largest absolute Gasteiger partial charge is 0.300 e. The molecule has 1 aromatic carbocycles. The molecule has 0 aliphatic heterocycles. The third-order valence-electron chi connectivity index (χ3n) is 3.11. The van der Waals surface area contributed by atoms with Crippen LogP contribution < -0.4 is 5.32 Å². The van der Waals surface area contributed by atoms with Crippen LogP contribution in [0.1, 0.15) is 17.0 Å². The fourth-order valence-electron chi connectivity index (χ4n) is 1.98. The number of benzene rings is 1. The van der Waals surface area contributed by atoms with Crippen LogP contribution in [0.5, 0.6) is 0 Å². The number of nitrogens with zero attached hydrogens (tertiary/aromatic N) is 4. The summed E-state index contributed by atoms with van der Waals surface area (Å²) in [6.45, 7) is 0.537. The molecule has 0 aliphatic rings. The van der Waals surface area contributed by atoms with Crippen molar-refractivity contribution in [2.45, 2.75) is 19.4 Å². The maximum atomic E-state index is 11.9. The summed E-state index contributed by atoms with van der Waals surface area (Å²) in [5.41, 5.74) is 1.10. The number of amides is 1. The summed E-state index contributed by atoms with van der Waals surface area (Å²) in [6, 6.07) is 9.41. The molecule has 0 aliphatic carbocycles. The van der Waals surface area contributed by atoms with Crippen LogP contribution in [0.25, 0.3) is 0 Å². The fourth-order valence-corrected chi connectivity index (χ4v) is 2.90. The average Bonchev–Trinajstić information content (AvgIpc) is 3.20. The molecule has 0 radical (unpaired) electrons. The fraction of sp³-hybridized carbons (Fsp3) is 0.200. The topological polar surface area (TPSA) is 72.7 Å². The molecule has 6 nitrogen and oxygen atoms in total. The number of rotatable bonds is 6. The number of aryl methyl sites for hydroxylation is 1. The molecule has 118 valence electrons. The van der Waals surface area contributed by atoms with Gasteiger partial charge in [-0.25, -0.2) is 0 Å². The standard InChI is InChI=1S/C15H14ClN5OS/c16-12-4-2-11(3-5-12)10-14-19-20-15(23-14)18-13(22)6-9-21-8-1-7-17-21/h1-5,7-8H,6,9-10H2,(H,18,20,22). The second-order valence-electron chi connectivity index (χ2n) is 4.87. The first-order valence-electron chi connectivity index (χ1n) is 7.03. The molecule has 0 saturated carbocycles. The summed E-state index contributed by atoms with van der Waals surface area (Å²) in [5.74, 6) is -0.102.